The van der Waals surface area contributed by atoms with Crippen molar-refractivity contribution in [3.8, 4) is 0 Å². The molecule has 0 amide bonds. The van der Waals surface area contributed by atoms with Crippen molar-refractivity contribution in [2.24, 2.45) is 10.7 Å². The average molecular weight is 296 g/mol. The molecular formula is C14H24N4OS. The SMILES string of the molecule is CC(C)NC(N)=NCC(c1cccs1)N1CCOCC1. The third-order valence-corrected chi connectivity index (χ3v) is 4.20. The number of nitrogens with zero attached hydrogens (tertiary/aromatic N) is 2. The van der Waals surface area contributed by atoms with Crippen molar-refractivity contribution in [3.63, 3.8) is 0 Å². The summed E-state index contributed by atoms with van der Waals surface area (Å²) in [5.41, 5.74) is 5.90. The summed E-state index contributed by atoms with van der Waals surface area (Å²) < 4.78 is 5.43. The van der Waals surface area contributed by atoms with Gasteiger partial charge in [0.25, 0.3) is 0 Å². The van der Waals surface area contributed by atoms with Crippen LogP contribution in [0.1, 0.15) is 24.8 Å². The van der Waals surface area contributed by atoms with Gasteiger partial charge in [0.15, 0.2) is 5.96 Å². The summed E-state index contributed by atoms with van der Waals surface area (Å²) in [6.07, 6.45) is 0. The van der Waals surface area contributed by atoms with E-state index in [4.69, 9.17) is 10.5 Å². The van der Waals surface area contributed by atoms with Crippen LogP contribution in [0, 0.1) is 0 Å². The molecule has 0 aliphatic carbocycles. The quantitative estimate of drug-likeness (QED) is 0.637. The third kappa shape index (κ3) is 4.47. The van der Waals surface area contributed by atoms with Crippen LogP contribution in [0.2, 0.25) is 0 Å². The van der Waals surface area contributed by atoms with Crippen molar-refractivity contribution in [2.75, 3.05) is 32.8 Å². The Labute approximate surface area is 124 Å². The first-order chi connectivity index (χ1) is 9.66. The van der Waals surface area contributed by atoms with E-state index in [9.17, 15) is 0 Å². The molecule has 1 aromatic rings. The zero-order valence-electron chi connectivity index (χ0n) is 12.2. The second kappa shape index (κ2) is 7.61. The highest BCUT2D eigenvalue weighted by Gasteiger charge is 2.23. The van der Waals surface area contributed by atoms with Crippen molar-refractivity contribution in [1.82, 2.24) is 10.2 Å². The van der Waals surface area contributed by atoms with Crippen LogP contribution in [-0.2, 0) is 4.74 Å². The molecule has 2 rings (SSSR count). The Balaban J connectivity index is 2.03. The van der Waals surface area contributed by atoms with E-state index in [2.05, 4.69) is 46.6 Å². The summed E-state index contributed by atoms with van der Waals surface area (Å²) in [5.74, 6) is 0.523. The highest BCUT2D eigenvalue weighted by atomic mass is 32.1. The van der Waals surface area contributed by atoms with Crippen molar-refractivity contribution < 1.29 is 4.74 Å². The summed E-state index contributed by atoms with van der Waals surface area (Å²) in [4.78, 5) is 8.28. The minimum atomic E-state index is 0.298. The third-order valence-electron chi connectivity index (χ3n) is 3.23. The molecule has 0 radical (unpaired) electrons. The number of thiophene rings is 1. The van der Waals surface area contributed by atoms with E-state index in [-0.39, 0.29) is 0 Å². The topological polar surface area (TPSA) is 62.9 Å². The molecule has 1 atom stereocenters. The fourth-order valence-electron chi connectivity index (χ4n) is 2.28. The van der Waals surface area contributed by atoms with E-state index in [0.29, 0.717) is 24.6 Å². The molecule has 5 nitrogen and oxygen atoms in total. The maximum absolute atomic E-state index is 5.90. The Morgan fingerprint density at radius 1 is 1.50 bits per heavy atom. The van der Waals surface area contributed by atoms with Gasteiger partial charge in [0.2, 0.25) is 0 Å². The molecule has 3 N–H and O–H groups in total. The number of morpholine rings is 1. The zero-order chi connectivity index (χ0) is 14.4. The number of rotatable bonds is 5. The van der Waals surface area contributed by atoms with Gasteiger partial charge in [-0.2, -0.15) is 0 Å². The molecule has 20 heavy (non-hydrogen) atoms. The molecule has 0 aromatic carbocycles. The molecule has 1 saturated heterocycles. The van der Waals surface area contributed by atoms with E-state index >= 15 is 0 Å². The van der Waals surface area contributed by atoms with E-state index in [0.717, 1.165) is 26.3 Å². The van der Waals surface area contributed by atoms with Crippen LogP contribution < -0.4 is 11.1 Å². The molecule has 0 saturated carbocycles. The first-order valence-electron chi connectivity index (χ1n) is 7.08. The minimum absolute atomic E-state index is 0.298. The lowest BCUT2D eigenvalue weighted by atomic mass is 10.2. The fraction of sp³-hybridized carbons (Fsp3) is 0.643. The van der Waals surface area contributed by atoms with Crippen molar-refractivity contribution >= 4 is 17.3 Å². The van der Waals surface area contributed by atoms with Crippen LogP contribution in [0.4, 0.5) is 0 Å². The monoisotopic (exact) mass is 296 g/mol. The second-order valence-corrected chi connectivity index (χ2v) is 6.18. The average Bonchev–Trinajstić information content (AvgIpc) is 2.93. The highest BCUT2D eigenvalue weighted by molar-refractivity contribution is 7.10. The summed E-state index contributed by atoms with van der Waals surface area (Å²) in [7, 11) is 0. The number of hydrogen-bond donors (Lipinski definition) is 2. The van der Waals surface area contributed by atoms with Gasteiger partial charge in [-0.1, -0.05) is 6.07 Å². The van der Waals surface area contributed by atoms with Crippen molar-refractivity contribution in [2.45, 2.75) is 25.9 Å². The lowest BCUT2D eigenvalue weighted by Gasteiger charge is -2.33. The molecule has 1 aromatic heterocycles. The normalized spacial score (nSPS) is 19.2. The predicted octanol–water partition coefficient (Wildman–Crippen LogP) is 1.43. The lowest BCUT2D eigenvalue weighted by Crippen LogP contribution is -2.41. The molecule has 1 fully saturated rings. The van der Waals surface area contributed by atoms with Crippen LogP contribution in [0.25, 0.3) is 0 Å². The van der Waals surface area contributed by atoms with Gasteiger partial charge in [0.1, 0.15) is 0 Å². The van der Waals surface area contributed by atoms with Crippen LogP contribution >= 0.6 is 11.3 Å². The Bertz CT molecular complexity index is 413. The largest absolute Gasteiger partial charge is 0.379 e. The molecule has 1 aliphatic heterocycles. The summed E-state index contributed by atoms with van der Waals surface area (Å²) in [6.45, 7) is 8.30. The Morgan fingerprint density at radius 2 is 2.25 bits per heavy atom. The molecule has 2 heterocycles. The lowest BCUT2D eigenvalue weighted by molar-refractivity contribution is 0.0187. The number of nitrogens with two attached hydrogens (primary N) is 1. The van der Waals surface area contributed by atoms with E-state index < -0.39 is 0 Å². The fourth-order valence-corrected chi connectivity index (χ4v) is 3.13. The van der Waals surface area contributed by atoms with Crippen LogP contribution in [0.3, 0.4) is 0 Å². The smallest absolute Gasteiger partial charge is 0.188 e. The number of hydrogen-bond acceptors (Lipinski definition) is 4. The molecule has 1 aliphatic rings. The molecule has 112 valence electrons. The number of nitrogens with one attached hydrogen (secondary N) is 1. The molecule has 1 unspecified atom stereocenters. The Morgan fingerprint density at radius 3 is 2.85 bits per heavy atom. The maximum atomic E-state index is 5.90. The van der Waals surface area contributed by atoms with E-state index in [1.165, 1.54) is 4.88 Å². The Kier molecular flexibility index (Phi) is 5.82. The van der Waals surface area contributed by atoms with Gasteiger partial charge in [-0.3, -0.25) is 9.89 Å². The first kappa shape index (κ1) is 15.3. The Hall–Kier alpha value is -1.11. The molecule has 6 heteroatoms. The van der Waals surface area contributed by atoms with Crippen molar-refractivity contribution in [1.29, 1.82) is 0 Å². The standard InChI is InChI=1S/C14H24N4OS/c1-11(2)17-14(15)16-10-12(13-4-3-9-20-13)18-5-7-19-8-6-18/h3-4,9,11-12H,5-8,10H2,1-2H3,(H3,15,16,17). The van der Waals surface area contributed by atoms with Crippen LogP contribution in [-0.4, -0.2) is 49.7 Å². The van der Waals surface area contributed by atoms with Gasteiger partial charge in [0, 0.05) is 24.0 Å². The predicted molar refractivity (Wildman–Crippen MR) is 84.2 cm³/mol. The van der Waals surface area contributed by atoms with Crippen molar-refractivity contribution in [3.05, 3.63) is 22.4 Å². The second-order valence-electron chi connectivity index (χ2n) is 5.20. The summed E-state index contributed by atoms with van der Waals surface area (Å²) >= 11 is 1.78. The van der Waals surface area contributed by atoms with Gasteiger partial charge >= 0.3 is 0 Å². The highest BCUT2D eigenvalue weighted by Crippen LogP contribution is 2.26. The van der Waals surface area contributed by atoms with Gasteiger partial charge in [-0.05, 0) is 25.3 Å². The van der Waals surface area contributed by atoms with Crippen LogP contribution in [0.5, 0.6) is 0 Å². The van der Waals surface area contributed by atoms with Crippen LogP contribution in [0.15, 0.2) is 22.5 Å². The maximum Gasteiger partial charge on any atom is 0.188 e. The van der Waals surface area contributed by atoms with Gasteiger partial charge in [-0.15, -0.1) is 11.3 Å². The van der Waals surface area contributed by atoms with E-state index in [1.54, 1.807) is 11.3 Å². The molecular weight excluding hydrogens is 272 g/mol. The minimum Gasteiger partial charge on any atom is -0.379 e. The van der Waals surface area contributed by atoms with Gasteiger partial charge < -0.3 is 15.8 Å². The summed E-state index contributed by atoms with van der Waals surface area (Å²) in [5, 5.41) is 5.25. The number of aliphatic imine (C=N–C) groups is 1. The summed E-state index contributed by atoms with van der Waals surface area (Å²) in [6, 6.07) is 4.87. The van der Waals surface area contributed by atoms with E-state index in [1.807, 2.05) is 0 Å². The van der Waals surface area contributed by atoms with Gasteiger partial charge in [0.05, 0.1) is 25.8 Å². The number of ether oxygens (including phenoxy) is 1. The molecule has 0 spiro atoms. The molecule has 0 bridgehead atoms. The van der Waals surface area contributed by atoms with Gasteiger partial charge in [-0.25, -0.2) is 0 Å². The number of guanidine groups is 1. The zero-order valence-corrected chi connectivity index (χ0v) is 13.0. The first-order valence-corrected chi connectivity index (χ1v) is 7.96.